The maximum Gasteiger partial charge on any atom is 0.356 e. The van der Waals surface area contributed by atoms with Gasteiger partial charge in [0.2, 0.25) is 0 Å². The molecule has 1 rings (SSSR count). The molecule has 0 spiro atoms. The fraction of sp³-hybridized carbons (Fsp3) is 0.125. The second kappa shape index (κ2) is 4.39. The van der Waals surface area contributed by atoms with E-state index in [1.807, 2.05) is 0 Å². The first-order valence-electron chi connectivity index (χ1n) is 3.48. The van der Waals surface area contributed by atoms with Crippen LogP contribution < -0.4 is 0 Å². The molecule has 0 aromatic carbocycles. The predicted molar refractivity (Wildman–Crippen MR) is 48.2 cm³/mol. The van der Waals surface area contributed by atoms with E-state index in [9.17, 15) is 9.59 Å². The predicted octanol–water partition coefficient (Wildman–Crippen LogP) is 0.668. The molecule has 0 saturated heterocycles. The SMILES string of the molecule is O=C(O)CC#Cc1scnc1C(=O)O. The molecule has 72 valence electrons. The molecule has 14 heavy (non-hydrogen) atoms. The van der Waals surface area contributed by atoms with Crippen LogP contribution in [0.4, 0.5) is 0 Å². The van der Waals surface area contributed by atoms with Crippen molar-refractivity contribution in [1.29, 1.82) is 0 Å². The lowest BCUT2D eigenvalue weighted by molar-refractivity contribution is -0.135. The summed E-state index contributed by atoms with van der Waals surface area (Å²) in [5.41, 5.74) is 1.22. The number of hydrogen-bond donors (Lipinski definition) is 2. The van der Waals surface area contributed by atoms with Gasteiger partial charge in [-0.3, -0.25) is 4.79 Å². The first-order chi connectivity index (χ1) is 6.61. The molecule has 5 nitrogen and oxygen atoms in total. The van der Waals surface area contributed by atoms with Crippen LogP contribution in [0.5, 0.6) is 0 Å². The molecule has 0 amide bonds. The van der Waals surface area contributed by atoms with Crippen LogP contribution in [-0.2, 0) is 4.79 Å². The summed E-state index contributed by atoms with van der Waals surface area (Å²) in [6.07, 6.45) is -0.309. The molecule has 0 radical (unpaired) electrons. The molecule has 6 heteroatoms. The number of carboxylic acids is 2. The molecule has 0 aliphatic rings. The minimum absolute atomic E-state index is 0.132. The van der Waals surface area contributed by atoms with Gasteiger partial charge in [0.1, 0.15) is 11.3 Å². The maximum absolute atomic E-state index is 10.5. The molecule has 0 fully saturated rings. The number of carboxylic acid groups (broad SMARTS) is 2. The Morgan fingerprint density at radius 1 is 1.50 bits per heavy atom. The number of carbonyl (C=O) groups is 2. The van der Waals surface area contributed by atoms with Crippen molar-refractivity contribution in [2.75, 3.05) is 0 Å². The number of aromatic nitrogens is 1. The fourth-order valence-electron chi connectivity index (χ4n) is 0.687. The summed E-state index contributed by atoms with van der Waals surface area (Å²) in [7, 11) is 0. The van der Waals surface area contributed by atoms with Gasteiger partial charge in [-0.1, -0.05) is 11.8 Å². The maximum atomic E-state index is 10.5. The molecule has 1 aromatic rings. The Hall–Kier alpha value is -1.87. The highest BCUT2D eigenvalue weighted by Gasteiger charge is 2.10. The third kappa shape index (κ3) is 2.57. The van der Waals surface area contributed by atoms with Crippen molar-refractivity contribution in [2.45, 2.75) is 6.42 Å². The van der Waals surface area contributed by atoms with Crippen LogP contribution in [0.15, 0.2) is 5.51 Å². The zero-order valence-electron chi connectivity index (χ0n) is 6.85. The number of rotatable bonds is 2. The minimum Gasteiger partial charge on any atom is -0.481 e. The third-order valence-corrected chi connectivity index (χ3v) is 1.95. The van der Waals surface area contributed by atoms with Crippen molar-refractivity contribution >= 4 is 23.3 Å². The molecule has 0 atom stereocenters. The quantitative estimate of drug-likeness (QED) is 0.702. The Bertz CT molecular complexity index is 426. The number of hydrogen-bond acceptors (Lipinski definition) is 4. The van der Waals surface area contributed by atoms with Crippen molar-refractivity contribution in [2.24, 2.45) is 0 Å². The van der Waals surface area contributed by atoms with Gasteiger partial charge in [0.25, 0.3) is 0 Å². The summed E-state index contributed by atoms with van der Waals surface area (Å²) in [4.78, 5) is 24.5. The van der Waals surface area contributed by atoms with Crippen molar-refractivity contribution in [3.63, 3.8) is 0 Å². The Labute approximate surface area is 83.0 Å². The molecule has 1 aromatic heterocycles. The summed E-state index contributed by atoms with van der Waals surface area (Å²) in [6, 6.07) is 0. The van der Waals surface area contributed by atoms with Crippen LogP contribution >= 0.6 is 11.3 Å². The van der Waals surface area contributed by atoms with Crippen LogP contribution in [0.2, 0.25) is 0 Å². The summed E-state index contributed by atoms with van der Waals surface area (Å²) in [5, 5.41) is 16.9. The summed E-state index contributed by atoms with van der Waals surface area (Å²) in [6.45, 7) is 0. The van der Waals surface area contributed by atoms with Gasteiger partial charge in [-0.05, 0) is 0 Å². The highest BCUT2D eigenvalue weighted by molar-refractivity contribution is 7.10. The van der Waals surface area contributed by atoms with E-state index in [1.165, 1.54) is 5.51 Å². The van der Waals surface area contributed by atoms with Crippen molar-refractivity contribution in [3.8, 4) is 11.8 Å². The second-order valence-corrected chi connectivity index (χ2v) is 3.06. The highest BCUT2D eigenvalue weighted by Crippen LogP contribution is 2.11. The van der Waals surface area contributed by atoms with E-state index >= 15 is 0 Å². The summed E-state index contributed by atoms with van der Waals surface area (Å²) >= 11 is 1.07. The van der Waals surface area contributed by atoms with Gasteiger partial charge in [0.15, 0.2) is 5.69 Å². The Morgan fingerprint density at radius 2 is 2.21 bits per heavy atom. The average molecular weight is 211 g/mol. The van der Waals surface area contributed by atoms with E-state index in [1.54, 1.807) is 0 Å². The van der Waals surface area contributed by atoms with E-state index in [0.29, 0.717) is 0 Å². The largest absolute Gasteiger partial charge is 0.481 e. The van der Waals surface area contributed by atoms with E-state index in [0.717, 1.165) is 11.3 Å². The van der Waals surface area contributed by atoms with Gasteiger partial charge in [-0.15, -0.1) is 11.3 Å². The highest BCUT2D eigenvalue weighted by atomic mass is 32.1. The van der Waals surface area contributed by atoms with Crippen LogP contribution in [0.1, 0.15) is 21.8 Å². The Kier molecular flexibility index (Phi) is 3.20. The van der Waals surface area contributed by atoms with Gasteiger partial charge in [-0.2, -0.15) is 0 Å². The monoisotopic (exact) mass is 211 g/mol. The van der Waals surface area contributed by atoms with Gasteiger partial charge >= 0.3 is 11.9 Å². The molecule has 0 aliphatic heterocycles. The van der Waals surface area contributed by atoms with Crippen LogP contribution in [0.25, 0.3) is 0 Å². The van der Waals surface area contributed by atoms with Gasteiger partial charge in [0, 0.05) is 0 Å². The topological polar surface area (TPSA) is 87.5 Å². The number of thiazole rings is 1. The van der Waals surface area contributed by atoms with E-state index < -0.39 is 11.9 Å². The van der Waals surface area contributed by atoms with Crippen LogP contribution in [0, 0.1) is 11.8 Å². The normalized spacial score (nSPS) is 8.86. The van der Waals surface area contributed by atoms with E-state index in [-0.39, 0.29) is 17.0 Å². The number of aromatic carboxylic acids is 1. The van der Waals surface area contributed by atoms with Gasteiger partial charge < -0.3 is 10.2 Å². The molecular weight excluding hydrogens is 206 g/mol. The minimum atomic E-state index is -1.16. The van der Waals surface area contributed by atoms with E-state index in [2.05, 4.69) is 16.8 Å². The second-order valence-electron chi connectivity index (χ2n) is 2.21. The fourth-order valence-corrected chi connectivity index (χ4v) is 1.33. The lowest BCUT2D eigenvalue weighted by Crippen LogP contribution is -1.98. The smallest absolute Gasteiger partial charge is 0.356 e. The van der Waals surface area contributed by atoms with Crippen molar-refractivity contribution in [3.05, 3.63) is 16.1 Å². The zero-order chi connectivity index (χ0) is 10.6. The first kappa shape index (κ1) is 10.2. The van der Waals surface area contributed by atoms with Crippen molar-refractivity contribution in [1.82, 2.24) is 4.98 Å². The summed E-state index contributed by atoms with van der Waals surface area (Å²) in [5.74, 6) is 2.59. The van der Waals surface area contributed by atoms with Gasteiger partial charge in [-0.25, -0.2) is 9.78 Å². The van der Waals surface area contributed by atoms with E-state index in [4.69, 9.17) is 10.2 Å². The average Bonchev–Trinajstić information content (AvgIpc) is 2.51. The lowest BCUT2D eigenvalue weighted by Gasteiger charge is -1.85. The molecule has 0 aliphatic carbocycles. The number of nitrogens with zero attached hydrogens (tertiary/aromatic N) is 1. The molecular formula is C8H5NO4S. The van der Waals surface area contributed by atoms with Crippen LogP contribution in [0.3, 0.4) is 0 Å². The molecule has 0 saturated carbocycles. The molecule has 0 unspecified atom stereocenters. The number of aliphatic carboxylic acids is 1. The van der Waals surface area contributed by atoms with Crippen molar-refractivity contribution < 1.29 is 19.8 Å². The summed E-state index contributed by atoms with van der Waals surface area (Å²) < 4.78 is 0. The lowest BCUT2D eigenvalue weighted by atomic mass is 10.3. The standard InChI is InChI=1S/C8H5NO4S/c10-6(11)3-1-2-5-7(8(12)13)9-4-14-5/h4H,3H2,(H,10,11)(H,12,13). The zero-order valence-corrected chi connectivity index (χ0v) is 7.67. The van der Waals surface area contributed by atoms with Crippen LogP contribution in [-0.4, -0.2) is 27.1 Å². The Balaban J connectivity index is 2.84. The van der Waals surface area contributed by atoms with Gasteiger partial charge in [0.05, 0.1) is 5.51 Å². The molecule has 2 N–H and O–H groups in total. The molecule has 1 heterocycles. The first-order valence-corrected chi connectivity index (χ1v) is 4.36. The third-order valence-electron chi connectivity index (χ3n) is 1.21. The Morgan fingerprint density at radius 3 is 2.79 bits per heavy atom. The molecule has 0 bridgehead atoms.